The van der Waals surface area contributed by atoms with Crippen LogP contribution in [0.5, 0.6) is 0 Å². The first-order chi connectivity index (χ1) is 10.4. The number of aryl methyl sites for hydroxylation is 2. The van der Waals surface area contributed by atoms with Gasteiger partial charge in [-0.15, -0.1) is 0 Å². The lowest BCUT2D eigenvalue weighted by Crippen LogP contribution is -2.04. The lowest BCUT2D eigenvalue weighted by atomic mass is 10.1. The van der Waals surface area contributed by atoms with Crippen molar-refractivity contribution in [3.05, 3.63) is 48.5 Å². The van der Waals surface area contributed by atoms with Crippen molar-refractivity contribution in [2.45, 2.75) is 19.4 Å². The molecule has 0 bridgehead atoms. The Morgan fingerprint density at radius 2 is 2.33 bits per heavy atom. The van der Waals surface area contributed by atoms with Gasteiger partial charge in [0.1, 0.15) is 0 Å². The molecule has 2 aromatic heterocycles. The second-order valence-electron chi connectivity index (χ2n) is 5.09. The lowest BCUT2D eigenvalue weighted by Gasteiger charge is -2.11. The SMILES string of the molecule is c1cc2c(c(-c3cncn3CCc3ncon3)c1)NCC2. The molecule has 0 saturated heterocycles. The molecule has 4 rings (SSSR count). The second kappa shape index (κ2) is 5.05. The molecule has 0 saturated carbocycles. The molecule has 1 aliphatic heterocycles. The highest BCUT2D eigenvalue weighted by atomic mass is 16.5. The van der Waals surface area contributed by atoms with Crippen LogP contribution in [0, 0.1) is 0 Å². The summed E-state index contributed by atoms with van der Waals surface area (Å²) in [6.07, 6.45) is 6.93. The summed E-state index contributed by atoms with van der Waals surface area (Å²) >= 11 is 0. The van der Waals surface area contributed by atoms with E-state index in [-0.39, 0.29) is 0 Å². The van der Waals surface area contributed by atoms with Crippen molar-refractivity contribution in [2.75, 3.05) is 11.9 Å². The van der Waals surface area contributed by atoms with Crippen LogP contribution in [0.2, 0.25) is 0 Å². The number of hydrogen-bond donors (Lipinski definition) is 1. The molecule has 0 atom stereocenters. The molecule has 3 heterocycles. The van der Waals surface area contributed by atoms with Crippen molar-refractivity contribution in [2.24, 2.45) is 0 Å². The van der Waals surface area contributed by atoms with Crippen LogP contribution < -0.4 is 5.32 Å². The van der Waals surface area contributed by atoms with Crippen molar-refractivity contribution in [1.82, 2.24) is 19.7 Å². The molecule has 1 aromatic carbocycles. The molecule has 0 spiro atoms. The first kappa shape index (κ1) is 12.1. The monoisotopic (exact) mass is 281 g/mol. The van der Waals surface area contributed by atoms with Gasteiger partial charge in [-0.2, -0.15) is 4.98 Å². The van der Waals surface area contributed by atoms with E-state index < -0.39 is 0 Å². The van der Waals surface area contributed by atoms with Crippen molar-refractivity contribution in [3.63, 3.8) is 0 Å². The fourth-order valence-corrected chi connectivity index (χ4v) is 2.80. The molecular formula is C15H15N5O. The van der Waals surface area contributed by atoms with Gasteiger partial charge >= 0.3 is 0 Å². The summed E-state index contributed by atoms with van der Waals surface area (Å²) in [7, 11) is 0. The van der Waals surface area contributed by atoms with Crippen molar-refractivity contribution >= 4 is 5.69 Å². The summed E-state index contributed by atoms with van der Waals surface area (Å²) in [5.41, 5.74) is 4.93. The Morgan fingerprint density at radius 1 is 1.33 bits per heavy atom. The zero-order chi connectivity index (χ0) is 14.1. The highest BCUT2D eigenvalue weighted by Gasteiger charge is 2.17. The number of benzene rings is 1. The topological polar surface area (TPSA) is 68.8 Å². The first-order valence-electron chi connectivity index (χ1n) is 7.03. The Morgan fingerprint density at radius 3 is 3.24 bits per heavy atom. The van der Waals surface area contributed by atoms with E-state index in [2.05, 4.69) is 43.2 Å². The van der Waals surface area contributed by atoms with E-state index in [1.54, 1.807) is 0 Å². The maximum atomic E-state index is 4.76. The Bertz CT molecular complexity index is 747. The van der Waals surface area contributed by atoms with Crippen LogP contribution >= 0.6 is 0 Å². The minimum atomic E-state index is 0.714. The van der Waals surface area contributed by atoms with Gasteiger partial charge in [0.05, 0.1) is 18.2 Å². The quantitative estimate of drug-likeness (QED) is 0.793. The molecule has 0 fully saturated rings. The van der Waals surface area contributed by atoms with Gasteiger partial charge < -0.3 is 14.4 Å². The number of nitrogens with zero attached hydrogens (tertiary/aromatic N) is 4. The van der Waals surface area contributed by atoms with Gasteiger partial charge in [0.2, 0.25) is 6.39 Å². The van der Waals surface area contributed by atoms with Gasteiger partial charge in [0.15, 0.2) is 5.82 Å². The Labute approximate surface area is 121 Å². The molecular weight excluding hydrogens is 266 g/mol. The predicted octanol–water partition coefficient (Wildman–Crippen LogP) is 2.14. The predicted molar refractivity (Wildman–Crippen MR) is 77.9 cm³/mol. The van der Waals surface area contributed by atoms with E-state index in [0.29, 0.717) is 5.82 Å². The van der Waals surface area contributed by atoms with Gasteiger partial charge in [-0.05, 0) is 12.0 Å². The molecule has 0 unspecified atom stereocenters. The van der Waals surface area contributed by atoms with Gasteiger partial charge in [0.25, 0.3) is 0 Å². The summed E-state index contributed by atoms with van der Waals surface area (Å²) in [5, 5.41) is 7.32. The number of aromatic nitrogens is 4. The highest BCUT2D eigenvalue weighted by Crippen LogP contribution is 2.34. The fraction of sp³-hybridized carbons (Fsp3) is 0.267. The van der Waals surface area contributed by atoms with Crippen LogP contribution in [-0.2, 0) is 19.4 Å². The number of imidazole rings is 1. The normalized spacial score (nSPS) is 13.1. The fourth-order valence-electron chi connectivity index (χ4n) is 2.80. The third-order valence-electron chi connectivity index (χ3n) is 3.82. The lowest BCUT2D eigenvalue weighted by molar-refractivity contribution is 0.408. The molecule has 106 valence electrons. The molecule has 0 radical (unpaired) electrons. The second-order valence-corrected chi connectivity index (χ2v) is 5.09. The van der Waals surface area contributed by atoms with Crippen LogP contribution in [0.4, 0.5) is 5.69 Å². The first-order valence-corrected chi connectivity index (χ1v) is 7.03. The summed E-state index contributed by atoms with van der Waals surface area (Å²) in [5.74, 6) is 0.714. The van der Waals surface area contributed by atoms with Gasteiger partial charge in [-0.1, -0.05) is 23.4 Å². The number of nitrogens with one attached hydrogen (secondary N) is 1. The Kier molecular flexibility index (Phi) is 2.92. The average molecular weight is 281 g/mol. The van der Waals surface area contributed by atoms with Crippen LogP contribution in [0.1, 0.15) is 11.4 Å². The van der Waals surface area contributed by atoms with Crippen molar-refractivity contribution < 1.29 is 4.52 Å². The largest absolute Gasteiger partial charge is 0.384 e. The van der Waals surface area contributed by atoms with E-state index >= 15 is 0 Å². The Balaban J connectivity index is 1.65. The van der Waals surface area contributed by atoms with E-state index in [4.69, 9.17) is 4.52 Å². The number of anilines is 1. The van der Waals surface area contributed by atoms with Gasteiger partial charge in [-0.25, -0.2) is 4.98 Å². The minimum absolute atomic E-state index is 0.714. The summed E-state index contributed by atoms with van der Waals surface area (Å²) < 4.78 is 6.89. The number of fused-ring (bicyclic) bond motifs is 1. The smallest absolute Gasteiger partial charge is 0.213 e. The third kappa shape index (κ3) is 2.18. The molecule has 1 aliphatic rings. The zero-order valence-electron chi connectivity index (χ0n) is 11.5. The van der Waals surface area contributed by atoms with E-state index in [1.165, 1.54) is 23.2 Å². The van der Waals surface area contributed by atoms with Crippen molar-refractivity contribution in [3.8, 4) is 11.3 Å². The average Bonchev–Trinajstić information content (AvgIpc) is 3.25. The Hall–Kier alpha value is -2.63. The molecule has 6 heteroatoms. The third-order valence-corrected chi connectivity index (χ3v) is 3.82. The number of rotatable bonds is 4. The maximum absolute atomic E-state index is 4.76. The summed E-state index contributed by atoms with van der Waals surface area (Å²) in [6, 6.07) is 6.43. The van der Waals surface area contributed by atoms with Crippen LogP contribution in [0.25, 0.3) is 11.3 Å². The maximum Gasteiger partial charge on any atom is 0.213 e. The number of hydrogen-bond acceptors (Lipinski definition) is 5. The van der Waals surface area contributed by atoms with E-state index in [9.17, 15) is 0 Å². The molecule has 3 aromatic rings. The minimum Gasteiger partial charge on any atom is -0.384 e. The summed E-state index contributed by atoms with van der Waals surface area (Å²) in [4.78, 5) is 8.35. The van der Waals surface area contributed by atoms with Crippen molar-refractivity contribution in [1.29, 1.82) is 0 Å². The highest BCUT2D eigenvalue weighted by molar-refractivity contribution is 5.79. The van der Waals surface area contributed by atoms with E-state index in [0.717, 1.165) is 31.6 Å². The number of para-hydroxylation sites is 1. The molecule has 21 heavy (non-hydrogen) atoms. The molecule has 0 amide bonds. The van der Waals surface area contributed by atoms with Gasteiger partial charge in [-0.3, -0.25) is 0 Å². The van der Waals surface area contributed by atoms with Crippen LogP contribution in [-0.4, -0.2) is 26.2 Å². The molecule has 6 nitrogen and oxygen atoms in total. The molecule has 1 N–H and O–H groups in total. The summed E-state index contributed by atoms with van der Waals surface area (Å²) in [6.45, 7) is 1.78. The molecule has 0 aliphatic carbocycles. The standard InChI is InChI=1S/C15H15N5O/c1-2-11-4-6-17-15(11)12(3-1)13-8-16-9-20(13)7-5-14-18-10-21-19-14/h1-3,8-10,17H,4-7H2. The van der Waals surface area contributed by atoms with Crippen LogP contribution in [0.15, 0.2) is 41.6 Å². The van der Waals surface area contributed by atoms with E-state index in [1.807, 2.05) is 12.5 Å². The zero-order valence-corrected chi connectivity index (χ0v) is 11.5. The van der Waals surface area contributed by atoms with Crippen LogP contribution in [0.3, 0.4) is 0 Å². The van der Waals surface area contributed by atoms with Gasteiger partial charge in [0, 0.05) is 30.8 Å².